The van der Waals surface area contributed by atoms with Crippen LogP contribution >= 0.6 is 0 Å². The maximum atomic E-state index is 11.8. The molecule has 4 heteroatoms. The Morgan fingerprint density at radius 2 is 2.20 bits per heavy atom. The Balaban J connectivity index is 0.00000196. The van der Waals surface area contributed by atoms with Gasteiger partial charge >= 0.3 is 0 Å². The van der Waals surface area contributed by atoms with Gasteiger partial charge in [-0.15, -0.1) is 4.48 Å². The molecule has 15 heavy (non-hydrogen) atoms. The molecule has 0 unspecified atom stereocenters. The molecule has 0 aromatic heterocycles. The topological polar surface area (TPSA) is 29.1 Å². The number of hydrogen-bond acceptors (Lipinski definition) is 1. The fourth-order valence-electron chi connectivity index (χ4n) is 1.38. The molecular weight excluding hydrogens is 221 g/mol. The van der Waals surface area contributed by atoms with E-state index in [1.54, 1.807) is 6.92 Å². The summed E-state index contributed by atoms with van der Waals surface area (Å²) >= 11 is 0. The first-order valence-electron chi connectivity index (χ1n) is 4.59. The van der Waals surface area contributed by atoms with Gasteiger partial charge in [-0.1, -0.05) is 36.8 Å². The van der Waals surface area contributed by atoms with Gasteiger partial charge in [0, 0.05) is 43.7 Å². The van der Waals surface area contributed by atoms with Crippen LogP contribution in [-0.2, 0) is 11.2 Å². The van der Waals surface area contributed by atoms with E-state index in [2.05, 4.69) is 0 Å². The fourth-order valence-corrected chi connectivity index (χ4v) is 1.38. The summed E-state index contributed by atoms with van der Waals surface area (Å²) in [4.78, 5) is 10.9. The average Bonchev–Trinajstić information content (AvgIpc) is 2.16. The van der Waals surface area contributed by atoms with Crippen molar-refractivity contribution in [2.24, 2.45) is 5.92 Å². The molecule has 0 aliphatic heterocycles. The molecule has 0 fully saturated rings. The van der Waals surface area contributed by atoms with Crippen LogP contribution in [0, 0.1) is 50.6 Å². The fraction of sp³-hybridized carbons (Fsp3) is 0.364. The van der Waals surface area contributed by atoms with E-state index in [9.17, 15) is 9.28 Å². The van der Waals surface area contributed by atoms with Crippen LogP contribution in [0.25, 0.3) is 0 Å². The molecule has 84 valence electrons. The summed E-state index contributed by atoms with van der Waals surface area (Å²) in [7, 11) is 0. The summed E-state index contributed by atoms with van der Waals surface area (Å²) in [5.41, 5.74) is 3.37. The van der Waals surface area contributed by atoms with E-state index in [-0.39, 0.29) is 43.7 Å². The van der Waals surface area contributed by atoms with Crippen LogP contribution < -0.4 is 5.54 Å². The maximum absolute atomic E-state index is 11.8. The SMILES string of the molecule is Cc1cccc(C[C@H](C)C(=O)NF)c1.[Ar]. The van der Waals surface area contributed by atoms with Crippen molar-refractivity contribution < 1.29 is 47.0 Å². The minimum atomic E-state index is -0.563. The van der Waals surface area contributed by atoms with E-state index in [1.807, 2.05) is 31.2 Å². The van der Waals surface area contributed by atoms with Crippen molar-refractivity contribution in [3.05, 3.63) is 35.4 Å². The Labute approximate surface area is 119 Å². The van der Waals surface area contributed by atoms with Gasteiger partial charge in [-0.3, -0.25) is 4.79 Å². The number of benzene rings is 1. The number of halogens is 1. The second-order valence-electron chi connectivity index (χ2n) is 3.55. The van der Waals surface area contributed by atoms with Gasteiger partial charge in [0.25, 0.3) is 5.91 Å². The Kier molecular flexibility index (Phi) is 7.14. The second kappa shape index (κ2) is 7.20. The van der Waals surface area contributed by atoms with E-state index in [0.29, 0.717) is 6.42 Å². The van der Waals surface area contributed by atoms with E-state index >= 15 is 0 Å². The molecule has 0 saturated heterocycles. The van der Waals surface area contributed by atoms with Crippen molar-refractivity contribution >= 4 is 5.91 Å². The number of aryl methyl sites for hydroxylation is 1. The predicted octanol–water partition coefficient (Wildman–Crippen LogP) is 2.17. The molecule has 1 N–H and O–H groups in total. The molecule has 0 radical (unpaired) electrons. The van der Waals surface area contributed by atoms with E-state index < -0.39 is 5.91 Å². The van der Waals surface area contributed by atoms with Crippen LogP contribution in [0.2, 0.25) is 0 Å². The van der Waals surface area contributed by atoms with Crippen molar-refractivity contribution in [3.8, 4) is 0 Å². The van der Waals surface area contributed by atoms with Crippen LogP contribution in [0.15, 0.2) is 24.3 Å². The third-order valence-corrected chi connectivity index (χ3v) is 2.17. The van der Waals surface area contributed by atoms with Crippen LogP contribution in [0.5, 0.6) is 0 Å². The van der Waals surface area contributed by atoms with Gasteiger partial charge in [-0.05, 0) is 18.9 Å². The van der Waals surface area contributed by atoms with Crippen molar-refractivity contribution in [2.45, 2.75) is 20.3 Å². The Morgan fingerprint density at radius 3 is 2.73 bits per heavy atom. The van der Waals surface area contributed by atoms with Crippen molar-refractivity contribution in [1.82, 2.24) is 5.54 Å². The van der Waals surface area contributed by atoms with Gasteiger partial charge in [0.1, 0.15) is 0 Å². The Hall–Kier alpha value is -0.120. The van der Waals surface area contributed by atoms with Crippen LogP contribution in [0.1, 0.15) is 18.1 Å². The van der Waals surface area contributed by atoms with Crippen molar-refractivity contribution in [3.63, 3.8) is 0 Å². The number of carbonyl (C=O) groups is 1. The minimum absolute atomic E-state index is 0. The molecule has 0 spiro atoms. The van der Waals surface area contributed by atoms with Gasteiger partial charge in [-0.2, -0.15) is 5.54 Å². The molecule has 1 aromatic carbocycles. The van der Waals surface area contributed by atoms with Crippen LogP contribution in [0.3, 0.4) is 0 Å². The van der Waals surface area contributed by atoms with Gasteiger partial charge in [0.15, 0.2) is 0 Å². The molecule has 0 bridgehead atoms. The Morgan fingerprint density at radius 1 is 1.53 bits per heavy atom. The number of hydrogen-bond donors (Lipinski definition) is 1. The zero-order valence-electron chi connectivity index (χ0n) is 8.73. The third kappa shape index (κ3) is 4.96. The Bertz CT molecular complexity index is 330. The molecule has 2 nitrogen and oxygen atoms in total. The maximum Gasteiger partial charge on any atom is 0.250 e. The zero-order chi connectivity index (χ0) is 10.6. The first-order chi connectivity index (χ1) is 6.63. The monoisotopic (exact) mass is 235 g/mol. The zero-order valence-corrected chi connectivity index (χ0v) is 9.44. The second-order valence-corrected chi connectivity index (χ2v) is 3.55. The molecule has 1 rings (SSSR count). The summed E-state index contributed by atoms with van der Waals surface area (Å²) in [6.07, 6.45) is 0.567. The van der Waals surface area contributed by atoms with Gasteiger partial charge in [0.05, 0.1) is 0 Å². The molecule has 1 atom stereocenters. The molecular formula is C11H14ArFNO. The number of carbonyl (C=O) groups excluding carboxylic acids is 1. The normalized spacial score (nSPS) is 11.4. The molecule has 0 heterocycles. The van der Waals surface area contributed by atoms with Crippen molar-refractivity contribution in [1.29, 1.82) is 0 Å². The van der Waals surface area contributed by atoms with E-state index in [4.69, 9.17) is 0 Å². The van der Waals surface area contributed by atoms with Crippen LogP contribution in [0.4, 0.5) is 4.48 Å². The molecule has 0 aliphatic rings. The summed E-state index contributed by atoms with van der Waals surface area (Å²) in [6.45, 7) is 3.70. The summed E-state index contributed by atoms with van der Waals surface area (Å²) in [6, 6.07) is 7.87. The molecule has 1 aromatic rings. The van der Waals surface area contributed by atoms with Gasteiger partial charge < -0.3 is 0 Å². The molecule has 0 saturated carbocycles. The predicted molar refractivity (Wildman–Crippen MR) is 53.3 cm³/mol. The van der Waals surface area contributed by atoms with Gasteiger partial charge in [0.2, 0.25) is 0 Å². The first kappa shape index (κ1) is 14.9. The number of amides is 1. The van der Waals surface area contributed by atoms with E-state index in [1.165, 1.54) is 0 Å². The van der Waals surface area contributed by atoms with Gasteiger partial charge in [-0.25, -0.2) is 0 Å². The van der Waals surface area contributed by atoms with Crippen LogP contribution in [-0.4, -0.2) is 5.91 Å². The smallest absolute Gasteiger partial charge is 0.250 e. The third-order valence-electron chi connectivity index (χ3n) is 2.17. The number of nitrogens with one attached hydrogen (secondary N) is 1. The first-order valence-corrected chi connectivity index (χ1v) is 4.59. The molecule has 1 amide bonds. The summed E-state index contributed by atoms with van der Waals surface area (Å²) in [5.74, 6) is -0.895. The average molecular weight is 235 g/mol. The summed E-state index contributed by atoms with van der Waals surface area (Å²) in [5, 5.41) is 0. The number of rotatable bonds is 3. The minimum Gasteiger partial charge on any atom is -0.272 e. The standard InChI is InChI=1S/C11H14FNO.Ar/c1-8-4-3-5-10(6-8)7-9(2)11(14)13-12;/h3-6,9H,7H2,1-2H3,(H,13,14);/t9-;/m0./s1. The summed E-state index contributed by atoms with van der Waals surface area (Å²) < 4.78 is 11.8. The largest absolute Gasteiger partial charge is 0.272 e. The van der Waals surface area contributed by atoms with E-state index in [0.717, 1.165) is 16.7 Å². The molecule has 0 aliphatic carbocycles. The quantitative estimate of drug-likeness (QED) is 0.799. The van der Waals surface area contributed by atoms with Crippen molar-refractivity contribution in [2.75, 3.05) is 0 Å².